The Kier molecular flexibility index (Phi) is 9.25. The van der Waals surface area contributed by atoms with E-state index in [0.717, 1.165) is 24.1 Å². The zero-order chi connectivity index (χ0) is 27.0. The van der Waals surface area contributed by atoms with Gasteiger partial charge in [-0.25, -0.2) is 0 Å². The molecular formula is C29H38N4O5. The fourth-order valence-corrected chi connectivity index (χ4v) is 4.62. The Balaban J connectivity index is 1.41. The number of aliphatic hydroxyl groups is 1. The van der Waals surface area contributed by atoms with Crippen LogP contribution in [0, 0.1) is 6.92 Å². The second-order valence-corrected chi connectivity index (χ2v) is 9.93. The minimum atomic E-state index is -1.22. The van der Waals surface area contributed by atoms with Crippen LogP contribution in [-0.4, -0.2) is 82.7 Å². The number of benzene rings is 2. The zero-order valence-corrected chi connectivity index (χ0v) is 22.5. The number of nitrogens with zero attached hydrogens (tertiary/aromatic N) is 4. The molecule has 4 rings (SSSR count). The Morgan fingerprint density at radius 3 is 2.61 bits per heavy atom. The number of hydrogen-bond donors (Lipinski definition) is 1. The lowest BCUT2D eigenvalue weighted by Gasteiger charge is -2.32. The van der Waals surface area contributed by atoms with Crippen molar-refractivity contribution in [3.8, 4) is 17.2 Å². The summed E-state index contributed by atoms with van der Waals surface area (Å²) in [5, 5.41) is 15.8. The summed E-state index contributed by atoms with van der Waals surface area (Å²) in [6, 6.07) is 15.5. The smallest absolute Gasteiger partial charge is 0.219 e. The first kappa shape index (κ1) is 27.5. The van der Waals surface area contributed by atoms with Gasteiger partial charge in [-0.2, -0.15) is 5.10 Å². The average molecular weight is 523 g/mol. The van der Waals surface area contributed by atoms with Crippen LogP contribution >= 0.6 is 0 Å². The highest BCUT2D eigenvalue weighted by molar-refractivity contribution is 5.73. The summed E-state index contributed by atoms with van der Waals surface area (Å²) in [6.45, 7) is 7.31. The number of amides is 1. The van der Waals surface area contributed by atoms with Crippen molar-refractivity contribution in [2.45, 2.75) is 39.0 Å². The highest BCUT2D eigenvalue weighted by Gasteiger charge is 2.37. The molecule has 1 aliphatic heterocycles. The quantitative estimate of drug-likeness (QED) is 0.387. The van der Waals surface area contributed by atoms with Gasteiger partial charge in [-0.15, -0.1) is 0 Å². The third kappa shape index (κ3) is 7.72. The first-order valence-electron chi connectivity index (χ1n) is 13.0. The minimum absolute atomic E-state index is 0.0594. The fourth-order valence-electron chi connectivity index (χ4n) is 4.62. The van der Waals surface area contributed by atoms with Gasteiger partial charge in [-0.05, 0) is 42.8 Å². The Bertz CT molecular complexity index is 1170. The number of methoxy groups -OCH3 is 1. The van der Waals surface area contributed by atoms with Crippen molar-refractivity contribution in [2.24, 2.45) is 0 Å². The first-order valence-corrected chi connectivity index (χ1v) is 13.0. The van der Waals surface area contributed by atoms with Gasteiger partial charge in [0.2, 0.25) is 5.91 Å². The van der Waals surface area contributed by atoms with Crippen LogP contribution in [0.1, 0.15) is 24.5 Å². The second-order valence-electron chi connectivity index (χ2n) is 9.93. The normalized spacial score (nSPS) is 18.2. The number of rotatable bonds is 11. The predicted molar refractivity (Wildman–Crippen MR) is 144 cm³/mol. The molecule has 1 aliphatic rings. The van der Waals surface area contributed by atoms with E-state index in [4.69, 9.17) is 14.2 Å². The number of aromatic nitrogens is 2. The van der Waals surface area contributed by atoms with E-state index in [1.807, 2.05) is 66.3 Å². The predicted octanol–water partition coefficient (Wildman–Crippen LogP) is 3.14. The molecule has 0 aliphatic carbocycles. The van der Waals surface area contributed by atoms with Gasteiger partial charge in [0.1, 0.15) is 18.0 Å². The fraction of sp³-hybridized carbons (Fsp3) is 0.448. The number of aryl methyl sites for hydroxylation is 2. The SMILES string of the molecule is COc1ccc(CN2CCN(C(C)=O)C[C@@](O)(COc3ccc(C)cc3)C2)cc1OCCCn1cccn1. The molecule has 1 N–H and O–H groups in total. The van der Waals surface area contributed by atoms with E-state index in [0.29, 0.717) is 50.0 Å². The average Bonchev–Trinajstić information content (AvgIpc) is 3.36. The van der Waals surface area contributed by atoms with Gasteiger partial charge in [0, 0.05) is 58.5 Å². The van der Waals surface area contributed by atoms with Crippen molar-refractivity contribution in [1.82, 2.24) is 19.6 Å². The number of carbonyl (C=O) groups is 1. The third-order valence-electron chi connectivity index (χ3n) is 6.65. The lowest BCUT2D eigenvalue weighted by atomic mass is 10.0. The summed E-state index contributed by atoms with van der Waals surface area (Å²) < 4.78 is 19.4. The summed E-state index contributed by atoms with van der Waals surface area (Å²) in [4.78, 5) is 16.1. The van der Waals surface area contributed by atoms with Crippen LogP contribution in [0.25, 0.3) is 0 Å². The largest absolute Gasteiger partial charge is 0.493 e. The summed E-state index contributed by atoms with van der Waals surface area (Å²) in [5.74, 6) is 1.99. The van der Waals surface area contributed by atoms with E-state index in [9.17, 15) is 9.90 Å². The highest BCUT2D eigenvalue weighted by atomic mass is 16.5. The van der Waals surface area contributed by atoms with E-state index in [2.05, 4.69) is 10.00 Å². The van der Waals surface area contributed by atoms with Crippen LogP contribution in [0.5, 0.6) is 17.2 Å². The van der Waals surface area contributed by atoms with Crippen molar-refractivity contribution in [3.05, 3.63) is 72.1 Å². The molecule has 204 valence electrons. The molecule has 1 saturated heterocycles. The van der Waals surface area contributed by atoms with Crippen LogP contribution < -0.4 is 14.2 Å². The van der Waals surface area contributed by atoms with Crippen molar-refractivity contribution in [3.63, 3.8) is 0 Å². The van der Waals surface area contributed by atoms with Gasteiger partial charge in [0.15, 0.2) is 11.5 Å². The molecule has 0 bridgehead atoms. The summed E-state index contributed by atoms with van der Waals surface area (Å²) in [7, 11) is 1.63. The number of carbonyl (C=O) groups excluding carboxylic acids is 1. The van der Waals surface area contributed by atoms with Gasteiger partial charge in [-0.1, -0.05) is 23.8 Å². The lowest BCUT2D eigenvalue weighted by molar-refractivity contribution is -0.132. The molecule has 3 aromatic rings. The Morgan fingerprint density at radius 1 is 1.08 bits per heavy atom. The molecule has 1 aromatic heterocycles. The number of hydrogen-bond acceptors (Lipinski definition) is 7. The third-order valence-corrected chi connectivity index (χ3v) is 6.65. The van der Waals surface area contributed by atoms with Crippen molar-refractivity contribution in [1.29, 1.82) is 0 Å². The molecule has 0 radical (unpaired) electrons. The molecule has 2 aromatic carbocycles. The monoisotopic (exact) mass is 522 g/mol. The molecule has 38 heavy (non-hydrogen) atoms. The maximum atomic E-state index is 12.3. The maximum Gasteiger partial charge on any atom is 0.219 e. The molecule has 2 heterocycles. The minimum Gasteiger partial charge on any atom is -0.493 e. The van der Waals surface area contributed by atoms with E-state index in [-0.39, 0.29) is 19.1 Å². The maximum absolute atomic E-state index is 12.3. The van der Waals surface area contributed by atoms with Gasteiger partial charge >= 0.3 is 0 Å². The van der Waals surface area contributed by atoms with E-state index in [1.165, 1.54) is 6.92 Å². The molecule has 1 amide bonds. The standard InChI is InChI=1S/C29H38N4O5/c1-23-6-9-26(10-7-23)38-22-29(35)20-31(15-16-32(21-29)24(2)34)19-25-8-11-27(36-3)28(18-25)37-17-5-14-33-13-4-12-30-33/h4,6-13,18,35H,5,14-17,19-22H2,1-3H3/t29-/m1/s1. The first-order chi connectivity index (χ1) is 18.3. The molecule has 1 atom stereocenters. The molecule has 0 spiro atoms. The Labute approximate surface area is 224 Å². The Hall–Kier alpha value is -3.56. The van der Waals surface area contributed by atoms with Gasteiger partial charge in [-0.3, -0.25) is 14.4 Å². The zero-order valence-electron chi connectivity index (χ0n) is 22.5. The molecule has 0 unspecified atom stereocenters. The van der Waals surface area contributed by atoms with E-state index in [1.54, 1.807) is 18.2 Å². The molecule has 0 saturated carbocycles. The highest BCUT2D eigenvalue weighted by Crippen LogP contribution is 2.29. The molecule has 9 nitrogen and oxygen atoms in total. The topological polar surface area (TPSA) is 89.3 Å². The van der Waals surface area contributed by atoms with E-state index >= 15 is 0 Å². The van der Waals surface area contributed by atoms with Crippen LogP contribution in [0.4, 0.5) is 0 Å². The number of β-amino-alcohol motifs (C(OH)–C–C–N with tert-alkyl or cyclic N) is 1. The van der Waals surface area contributed by atoms with Gasteiger partial charge < -0.3 is 24.2 Å². The van der Waals surface area contributed by atoms with Crippen LogP contribution in [0.2, 0.25) is 0 Å². The van der Waals surface area contributed by atoms with Crippen LogP contribution in [-0.2, 0) is 17.9 Å². The second kappa shape index (κ2) is 12.8. The van der Waals surface area contributed by atoms with Crippen molar-refractivity contribution < 1.29 is 24.1 Å². The van der Waals surface area contributed by atoms with Crippen LogP contribution in [0.15, 0.2) is 60.9 Å². The summed E-state index contributed by atoms with van der Waals surface area (Å²) in [6.07, 6.45) is 4.51. The molecule has 1 fully saturated rings. The van der Waals surface area contributed by atoms with Gasteiger partial charge in [0.25, 0.3) is 0 Å². The van der Waals surface area contributed by atoms with Crippen LogP contribution in [0.3, 0.4) is 0 Å². The number of ether oxygens (including phenoxy) is 3. The van der Waals surface area contributed by atoms with Crippen molar-refractivity contribution in [2.75, 3.05) is 46.5 Å². The lowest BCUT2D eigenvalue weighted by Crippen LogP contribution is -2.51. The molecular weight excluding hydrogens is 484 g/mol. The van der Waals surface area contributed by atoms with Gasteiger partial charge in [0.05, 0.1) is 20.3 Å². The van der Waals surface area contributed by atoms with Crippen molar-refractivity contribution >= 4 is 5.91 Å². The Morgan fingerprint density at radius 2 is 1.89 bits per heavy atom. The molecule has 9 heteroatoms. The van der Waals surface area contributed by atoms with E-state index < -0.39 is 5.60 Å². The summed E-state index contributed by atoms with van der Waals surface area (Å²) >= 11 is 0. The summed E-state index contributed by atoms with van der Waals surface area (Å²) in [5.41, 5.74) is 0.955.